The normalized spacial score (nSPS) is 10.2. The monoisotopic (exact) mass is 358 g/mol. The summed E-state index contributed by atoms with van der Waals surface area (Å²) in [5, 5.41) is 5.71. The van der Waals surface area contributed by atoms with Gasteiger partial charge in [0.1, 0.15) is 0 Å². The molecule has 3 aromatic carbocycles. The lowest BCUT2D eigenvalue weighted by atomic mass is 10.1. The lowest BCUT2D eigenvalue weighted by Crippen LogP contribution is -2.25. The van der Waals surface area contributed by atoms with E-state index in [-0.39, 0.29) is 11.8 Å². The molecular weight excluding hydrogens is 336 g/mol. The number of carbonyl (C=O) groups is 2. The molecule has 4 heteroatoms. The lowest BCUT2D eigenvalue weighted by Gasteiger charge is -2.08. The van der Waals surface area contributed by atoms with Gasteiger partial charge in [-0.2, -0.15) is 0 Å². The molecule has 3 aromatic rings. The van der Waals surface area contributed by atoms with E-state index >= 15 is 0 Å². The first-order valence-corrected chi connectivity index (χ1v) is 9.01. The highest BCUT2D eigenvalue weighted by Gasteiger charge is 2.06. The van der Waals surface area contributed by atoms with Crippen LogP contribution in [-0.4, -0.2) is 18.4 Å². The van der Waals surface area contributed by atoms with Gasteiger partial charge in [0.25, 0.3) is 5.91 Å². The Kier molecular flexibility index (Phi) is 6.36. The molecule has 0 aliphatic carbocycles. The minimum atomic E-state index is -0.118. The Hall–Kier alpha value is -3.40. The van der Waals surface area contributed by atoms with Gasteiger partial charge in [-0.3, -0.25) is 9.59 Å². The number of hydrogen-bond acceptors (Lipinski definition) is 2. The minimum absolute atomic E-state index is 0.0589. The Bertz CT molecular complexity index is 875. The molecule has 2 N–H and O–H groups in total. The van der Waals surface area contributed by atoms with Crippen LogP contribution < -0.4 is 10.6 Å². The number of nitrogens with one attached hydrogen (secondary N) is 2. The molecule has 0 radical (unpaired) electrons. The first-order chi connectivity index (χ1) is 13.2. The summed E-state index contributed by atoms with van der Waals surface area (Å²) in [4.78, 5) is 24.0. The second-order valence-corrected chi connectivity index (χ2v) is 6.22. The highest BCUT2D eigenvalue weighted by molar-refractivity contribution is 5.94. The fraction of sp³-hybridized carbons (Fsp3) is 0.130. The quantitative estimate of drug-likeness (QED) is 0.611. The summed E-state index contributed by atoms with van der Waals surface area (Å²) in [5.74, 6) is -0.177. The molecule has 3 rings (SSSR count). The van der Waals surface area contributed by atoms with Crippen LogP contribution >= 0.6 is 0 Å². The van der Waals surface area contributed by atoms with Crippen molar-refractivity contribution in [2.24, 2.45) is 0 Å². The zero-order chi connectivity index (χ0) is 18.9. The van der Waals surface area contributed by atoms with Gasteiger partial charge in [-0.05, 0) is 41.8 Å². The average molecular weight is 358 g/mol. The summed E-state index contributed by atoms with van der Waals surface area (Å²) in [6, 6.07) is 26.9. The molecule has 0 heterocycles. The Morgan fingerprint density at radius 1 is 0.704 bits per heavy atom. The summed E-state index contributed by atoms with van der Waals surface area (Å²) in [5.41, 5.74) is 3.65. The van der Waals surface area contributed by atoms with E-state index in [9.17, 15) is 9.59 Å². The van der Waals surface area contributed by atoms with Gasteiger partial charge in [-0.1, -0.05) is 60.7 Å². The first kappa shape index (κ1) is 18.4. The van der Waals surface area contributed by atoms with E-state index in [0.29, 0.717) is 24.9 Å². The SMILES string of the molecule is O=C(CCCNC(=O)c1ccccc1)Nc1ccc(-c2ccccc2)cc1. The Morgan fingerprint density at radius 2 is 1.30 bits per heavy atom. The lowest BCUT2D eigenvalue weighted by molar-refractivity contribution is -0.116. The number of benzene rings is 3. The molecule has 2 amide bonds. The van der Waals surface area contributed by atoms with E-state index in [1.165, 1.54) is 0 Å². The number of anilines is 1. The van der Waals surface area contributed by atoms with Crippen LogP contribution in [-0.2, 0) is 4.79 Å². The summed E-state index contributed by atoms with van der Waals surface area (Å²) in [6.07, 6.45) is 0.946. The summed E-state index contributed by atoms with van der Waals surface area (Å²) in [6.45, 7) is 0.466. The predicted octanol–water partition coefficient (Wildman–Crippen LogP) is 4.50. The Balaban J connectivity index is 1.41. The zero-order valence-corrected chi connectivity index (χ0v) is 15.0. The van der Waals surface area contributed by atoms with Gasteiger partial charge in [-0.15, -0.1) is 0 Å². The molecule has 0 atom stereocenters. The second-order valence-electron chi connectivity index (χ2n) is 6.22. The molecule has 0 saturated heterocycles. The third-order valence-corrected chi connectivity index (χ3v) is 4.18. The Morgan fingerprint density at radius 3 is 1.96 bits per heavy atom. The van der Waals surface area contributed by atoms with Crippen molar-refractivity contribution in [2.75, 3.05) is 11.9 Å². The van der Waals surface area contributed by atoms with Crippen LogP contribution in [0.2, 0.25) is 0 Å². The zero-order valence-electron chi connectivity index (χ0n) is 15.0. The first-order valence-electron chi connectivity index (χ1n) is 9.01. The van der Waals surface area contributed by atoms with Crippen molar-refractivity contribution >= 4 is 17.5 Å². The predicted molar refractivity (Wildman–Crippen MR) is 109 cm³/mol. The van der Waals surface area contributed by atoms with Crippen LogP contribution in [0.1, 0.15) is 23.2 Å². The third kappa shape index (κ3) is 5.54. The van der Waals surface area contributed by atoms with Gasteiger partial charge in [0.05, 0.1) is 0 Å². The van der Waals surface area contributed by atoms with Gasteiger partial charge in [0, 0.05) is 24.2 Å². The molecule has 0 aromatic heterocycles. The molecule has 27 heavy (non-hydrogen) atoms. The molecule has 0 unspecified atom stereocenters. The maximum atomic E-state index is 12.1. The molecular formula is C23H22N2O2. The highest BCUT2D eigenvalue weighted by atomic mass is 16.2. The number of hydrogen-bond donors (Lipinski definition) is 2. The van der Waals surface area contributed by atoms with Gasteiger partial charge < -0.3 is 10.6 Å². The fourth-order valence-electron chi connectivity index (χ4n) is 2.74. The summed E-state index contributed by atoms with van der Waals surface area (Å²) in [7, 11) is 0. The van der Waals surface area contributed by atoms with E-state index in [1.807, 2.05) is 60.7 Å². The second kappa shape index (κ2) is 9.34. The van der Waals surface area contributed by atoms with Crippen molar-refractivity contribution in [3.63, 3.8) is 0 Å². The van der Waals surface area contributed by atoms with Crippen LogP contribution in [0.3, 0.4) is 0 Å². The Labute approximate surface area is 159 Å². The van der Waals surface area contributed by atoms with Gasteiger partial charge in [0.2, 0.25) is 5.91 Å². The molecule has 0 saturated carbocycles. The smallest absolute Gasteiger partial charge is 0.251 e. The minimum Gasteiger partial charge on any atom is -0.352 e. The molecule has 4 nitrogen and oxygen atoms in total. The van der Waals surface area contributed by atoms with E-state index < -0.39 is 0 Å². The van der Waals surface area contributed by atoms with Crippen molar-refractivity contribution in [1.82, 2.24) is 5.32 Å². The van der Waals surface area contributed by atoms with Crippen molar-refractivity contribution in [1.29, 1.82) is 0 Å². The van der Waals surface area contributed by atoms with Crippen molar-refractivity contribution < 1.29 is 9.59 Å². The van der Waals surface area contributed by atoms with Crippen LogP contribution in [0.4, 0.5) is 5.69 Å². The third-order valence-electron chi connectivity index (χ3n) is 4.18. The van der Waals surface area contributed by atoms with Crippen LogP contribution in [0, 0.1) is 0 Å². The molecule has 0 aliphatic rings. The van der Waals surface area contributed by atoms with Crippen molar-refractivity contribution in [3.05, 3.63) is 90.5 Å². The standard InChI is InChI=1S/C23H22N2O2/c26-22(12-7-17-24-23(27)20-10-5-2-6-11-20)25-21-15-13-19(14-16-21)18-8-3-1-4-9-18/h1-6,8-11,13-16H,7,12,17H2,(H,24,27)(H,25,26). The van der Waals surface area contributed by atoms with Crippen molar-refractivity contribution in [3.8, 4) is 11.1 Å². The topological polar surface area (TPSA) is 58.2 Å². The maximum absolute atomic E-state index is 12.1. The summed E-state index contributed by atoms with van der Waals surface area (Å²) >= 11 is 0. The van der Waals surface area contributed by atoms with Crippen LogP contribution in [0.15, 0.2) is 84.9 Å². The van der Waals surface area contributed by atoms with E-state index in [0.717, 1.165) is 16.8 Å². The maximum Gasteiger partial charge on any atom is 0.251 e. The number of rotatable bonds is 7. The fourth-order valence-corrected chi connectivity index (χ4v) is 2.74. The van der Waals surface area contributed by atoms with Gasteiger partial charge >= 0.3 is 0 Å². The van der Waals surface area contributed by atoms with Crippen LogP contribution in [0.25, 0.3) is 11.1 Å². The van der Waals surface area contributed by atoms with E-state index in [4.69, 9.17) is 0 Å². The average Bonchev–Trinajstić information content (AvgIpc) is 2.73. The van der Waals surface area contributed by atoms with Gasteiger partial charge in [-0.25, -0.2) is 0 Å². The van der Waals surface area contributed by atoms with Crippen molar-refractivity contribution in [2.45, 2.75) is 12.8 Å². The number of amides is 2. The summed E-state index contributed by atoms with van der Waals surface area (Å²) < 4.78 is 0. The molecule has 0 fully saturated rings. The molecule has 0 aliphatic heterocycles. The highest BCUT2D eigenvalue weighted by Crippen LogP contribution is 2.21. The van der Waals surface area contributed by atoms with Crippen LogP contribution in [0.5, 0.6) is 0 Å². The largest absolute Gasteiger partial charge is 0.352 e. The molecule has 0 bridgehead atoms. The van der Waals surface area contributed by atoms with E-state index in [1.54, 1.807) is 12.1 Å². The molecule has 0 spiro atoms. The molecule has 136 valence electrons. The van der Waals surface area contributed by atoms with Gasteiger partial charge in [0.15, 0.2) is 0 Å². The number of carbonyl (C=O) groups excluding carboxylic acids is 2. The van der Waals surface area contributed by atoms with E-state index in [2.05, 4.69) is 22.8 Å².